The molecule has 0 aliphatic carbocycles. The van der Waals surface area contributed by atoms with Gasteiger partial charge in [-0.15, -0.1) is 0 Å². The van der Waals surface area contributed by atoms with Gasteiger partial charge in [-0.2, -0.15) is 45.8 Å². The Morgan fingerprint density at radius 1 is 0.896 bits per heavy atom. The summed E-state index contributed by atoms with van der Waals surface area (Å²) >= 11 is 24.2. The highest BCUT2D eigenvalue weighted by Gasteiger charge is 2.66. The maximum Gasteiger partial charge on any atom is 0.507 e. The second-order valence-corrected chi connectivity index (χ2v) is 11.2. The van der Waals surface area contributed by atoms with Crippen molar-refractivity contribution in [2.45, 2.75) is 24.3 Å². The van der Waals surface area contributed by atoms with Crippen LogP contribution in [0.1, 0.15) is 22.9 Å². The van der Waals surface area contributed by atoms with E-state index in [2.05, 4.69) is 30.6 Å². The summed E-state index contributed by atoms with van der Waals surface area (Å²) in [6.45, 7) is 0. The van der Waals surface area contributed by atoms with Crippen molar-refractivity contribution < 1.29 is 40.2 Å². The maximum atomic E-state index is 13.1. The second-order valence-electron chi connectivity index (χ2n) is 9.52. The average molecular weight is 758 g/mol. The first-order valence-electron chi connectivity index (χ1n) is 12.6. The predicted octanol–water partition coefficient (Wildman–Crippen LogP) is 7.73. The number of aromatic nitrogens is 5. The molecule has 1 unspecified atom stereocenters. The number of imidazole rings is 1. The monoisotopic (exact) mass is 756 g/mol. The number of alkyl halides is 7. The number of nitrogens with zero attached hydrogens (tertiary/aromatic N) is 4. The molecule has 0 fully saturated rings. The molecule has 48 heavy (non-hydrogen) atoms. The molecule has 2 N–H and O–H groups in total. The minimum absolute atomic E-state index is 0.189. The molecule has 250 valence electrons. The summed E-state index contributed by atoms with van der Waals surface area (Å²) in [7, 11) is 0. The Morgan fingerprint density at radius 3 is 2.06 bits per heavy atom. The number of hydrogen-bond donors (Lipinski definition) is 2. The molecule has 10 nitrogen and oxygen atoms in total. The number of ether oxygens (including phenoxy) is 2. The molecule has 2 aromatic heterocycles. The van der Waals surface area contributed by atoms with Crippen molar-refractivity contribution in [3.63, 3.8) is 0 Å². The average Bonchev–Trinajstić information content (AvgIpc) is 3.45. The number of fused-ring (bicyclic) bond motifs is 3. The fourth-order valence-corrected chi connectivity index (χ4v) is 5.30. The van der Waals surface area contributed by atoms with Crippen LogP contribution < -0.4 is 20.7 Å². The SMILES string of the molecule is FC(F)(F)c1nc2c(Cl)cc3c(c2[nH]1)OC(F)(F)C(F)(F)O3.N#CC(c1ccc(Cl)cc1)c1c(Cl)cc(-n2ncc(=O)[nH]c2=O)cc1Cl. The summed E-state index contributed by atoms with van der Waals surface area (Å²) in [5, 5.41) is 13.8. The van der Waals surface area contributed by atoms with Gasteiger partial charge in [-0.25, -0.2) is 9.78 Å². The second kappa shape index (κ2) is 12.5. The van der Waals surface area contributed by atoms with Gasteiger partial charge in [-0.1, -0.05) is 58.5 Å². The van der Waals surface area contributed by atoms with E-state index in [4.69, 9.17) is 46.4 Å². The Bertz CT molecular complexity index is 2190. The summed E-state index contributed by atoms with van der Waals surface area (Å²) in [4.78, 5) is 29.9. The van der Waals surface area contributed by atoms with Crippen LogP contribution in [-0.2, 0) is 6.18 Å². The first kappa shape index (κ1) is 34.8. The largest absolute Gasteiger partial charge is 0.507 e. The zero-order chi connectivity index (χ0) is 35.3. The van der Waals surface area contributed by atoms with Crippen LogP contribution in [0.15, 0.2) is 58.3 Å². The van der Waals surface area contributed by atoms with E-state index in [1.54, 1.807) is 29.2 Å². The van der Waals surface area contributed by atoms with Gasteiger partial charge in [0.15, 0.2) is 11.5 Å². The van der Waals surface area contributed by atoms with Gasteiger partial charge >= 0.3 is 24.1 Å². The lowest BCUT2D eigenvalue weighted by molar-refractivity contribution is -0.391. The molecule has 0 amide bonds. The highest BCUT2D eigenvalue weighted by molar-refractivity contribution is 6.36. The van der Waals surface area contributed by atoms with Crippen molar-refractivity contribution in [3.05, 3.63) is 107 Å². The number of halogens is 11. The fourth-order valence-electron chi connectivity index (χ4n) is 4.25. The van der Waals surface area contributed by atoms with E-state index in [9.17, 15) is 45.6 Å². The van der Waals surface area contributed by atoms with E-state index in [0.29, 0.717) is 22.2 Å². The Kier molecular flexibility index (Phi) is 9.07. The number of hydrogen-bond acceptors (Lipinski definition) is 7. The van der Waals surface area contributed by atoms with Crippen molar-refractivity contribution in [3.8, 4) is 23.3 Å². The van der Waals surface area contributed by atoms with Gasteiger partial charge in [0, 0.05) is 26.7 Å². The smallest absolute Gasteiger partial charge is 0.421 e. The van der Waals surface area contributed by atoms with Crippen LogP contribution in [0.25, 0.3) is 16.7 Å². The van der Waals surface area contributed by atoms with Gasteiger partial charge in [0.25, 0.3) is 5.56 Å². The third kappa shape index (κ3) is 6.61. The lowest BCUT2D eigenvalue weighted by Crippen LogP contribution is -2.52. The van der Waals surface area contributed by atoms with E-state index in [0.717, 1.165) is 10.9 Å². The van der Waals surface area contributed by atoms with Gasteiger partial charge in [-0.05, 0) is 29.8 Å². The lowest BCUT2D eigenvalue weighted by atomic mass is 9.92. The molecule has 21 heteroatoms. The van der Waals surface area contributed by atoms with Gasteiger partial charge in [-0.3, -0.25) is 9.78 Å². The van der Waals surface area contributed by atoms with Crippen molar-refractivity contribution >= 4 is 57.4 Å². The highest BCUT2D eigenvalue weighted by Crippen LogP contribution is 2.51. The Balaban J connectivity index is 0.000000190. The number of nitrogens with one attached hydrogen (secondary N) is 2. The van der Waals surface area contributed by atoms with E-state index in [-0.39, 0.29) is 15.7 Å². The van der Waals surface area contributed by atoms with Gasteiger partial charge < -0.3 is 14.5 Å². The highest BCUT2D eigenvalue weighted by atomic mass is 35.5. The van der Waals surface area contributed by atoms with Crippen LogP contribution in [0.2, 0.25) is 20.1 Å². The zero-order valence-corrected chi connectivity index (χ0v) is 25.8. The van der Waals surface area contributed by atoms with Crippen LogP contribution in [-0.4, -0.2) is 36.9 Å². The van der Waals surface area contributed by atoms with E-state index < -0.39 is 68.9 Å². The number of H-pyrrole nitrogens is 2. The molecule has 0 spiro atoms. The molecule has 3 aromatic carbocycles. The first-order chi connectivity index (χ1) is 22.3. The normalized spacial score (nSPS) is 15.3. The van der Waals surface area contributed by atoms with Gasteiger partial charge in [0.05, 0.1) is 22.7 Å². The first-order valence-corrected chi connectivity index (χ1v) is 14.1. The van der Waals surface area contributed by atoms with Crippen LogP contribution in [0.3, 0.4) is 0 Å². The molecular formula is C27H11Cl4F7N6O4. The zero-order valence-electron chi connectivity index (χ0n) is 22.8. The molecule has 0 saturated carbocycles. The fraction of sp³-hybridized carbons (Fsp3) is 0.148. The van der Waals surface area contributed by atoms with Crippen LogP contribution in [0, 0.1) is 11.3 Å². The molecule has 0 saturated heterocycles. The predicted molar refractivity (Wildman–Crippen MR) is 157 cm³/mol. The van der Waals surface area contributed by atoms with Crippen molar-refractivity contribution in [1.82, 2.24) is 24.7 Å². The molecule has 6 rings (SSSR count). The Labute approximate surface area is 281 Å². The summed E-state index contributed by atoms with van der Waals surface area (Å²) in [6, 6.07) is 12.5. The van der Waals surface area contributed by atoms with E-state index in [1.807, 2.05) is 0 Å². The van der Waals surface area contributed by atoms with Gasteiger partial charge in [0.2, 0.25) is 5.82 Å². The van der Waals surface area contributed by atoms with E-state index in [1.165, 1.54) is 12.1 Å². The molecule has 0 radical (unpaired) electrons. The number of aromatic amines is 2. The molecule has 5 aromatic rings. The Hall–Kier alpha value is -4.50. The number of nitriles is 1. The molecule has 1 aliphatic rings. The van der Waals surface area contributed by atoms with Crippen LogP contribution in [0.5, 0.6) is 11.5 Å². The standard InChI is InChI=1S/C17H9Cl3N4O2.C10H2ClF7N2O2/c18-10-3-1-9(2-4-10)12(7-21)16-13(19)5-11(6-14(16)20)24-17(26)23-15(25)8-22-24;11-2-1-3-6(22-10(17,18)9(15,16)21-3)5-4(2)19-7(20-5)8(12,13)14/h1-6,8,12H,(H,23,25,26);1H,(H,19,20). The number of benzene rings is 3. The third-order valence-corrected chi connectivity index (χ3v) is 7.52. The minimum atomic E-state index is -5.08. The molecule has 3 heterocycles. The van der Waals surface area contributed by atoms with Crippen LogP contribution >= 0.6 is 46.4 Å². The molecule has 1 aliphatic heterocycles. The van der Waals surface area contributed by atoms with E-state index >= 15 is 0 Å². The summed E-state index contributed by atoms with van der Waals surface area (Å²) in [6.07, 6.45) is -14.1. The molecule has 0 bridgehead atoms. The summed E-state index contributed by atoms with van der Waals surface area (Å²) in [5.74, 6) is -4.26. The maximum absolute atomic E-state index is 13.1. The quantitative estimate of drug-likeness (QED) is 0.180. The third-order valence-electron chi connectivity index (χ3n) is 6.36. The van der Waals surface area contributed by atoms with Crippen molar-refractivity contribution in [2.24, 2.45) is 0 Å². The van der Waals surface area contributed by atoms with Gasteiger partial charge in [0.1, 0.15) is 17.2 Å². The summed E-state index contributed by atoms with van der Waals surface area (Å²) < 4.78 is 98.7. The number of rotatable bonds is 3. The van der Waals surface area contributed by atoms with Crippen molar-refractivity contribution in [2.75, 3.05) is 0 Å². The topological polar surface area (TPSA) is 139 Å². The van der Waals surface area contributed by atoms with Crippen LogP contribution in [0.4, 0.5) is 30.7 Å². The minimum Gasteiger partial charge on any atom is -0.421 e. The lowest BCUT2D eigenvalue weighted by Gasteiger charge is -2.31. The molecule has 1 atom stereocenters. The molecular weight excluding hydrogens is 747 g/mol. The Morgan fingerprint density at radius 2 is 1.50 bits per heavy atom. The van der Waals surface area contributed by atoms with Crippen molar-refractivity contribution in [1.29, 1.82) is 5.26 Å². The summed E-state index contributed by atoms with van der Waals surface area (Å²) in [5.41, 5.74) is -1.31.